The maximum absolute atomic E-state index is 12.4. The number of amides is 2. The second-order valence-electron chi connectivity index (χ2n) is 6.94. The summed E-state index contributed by atoms with van der Waals surface area (Å²) < 4.78 is 5.70. The maximum atomic E-state index is 12.4. The number of carbonyl (C=O) groups excluding carboxylic acids is 2. The summed E-state index contributed by atoms with van der Waals surface area (Å²) >= 11 is 5.88. The Labute approximate surface area is 154 Å². The van der Waals surface area contributed by atoms with Gasteiger partial charge in [0.25, 0.3) is 5.91 Å². The van der Waals surface area contributed by atoms with E-state index < -0.39 is 5.41 Å². The summed E-state index contributed by atoms with van der Waals surface area (Å²) in [6.45, 7) is 7.91. The van der Waals surface area contributed by atoms with Crippen molar-refractivity contribution in [1.82, 2.24) is 9.80 Å². The fraction of sp³-hybridized carbons (Fsp3) is 0.579. The SMILES string of the molecule is CCc1ccccc1OCC(=O)N1CCN(C(=O)C(C)(C)CCl)CC1. The predicted octanol–water partition coefficient (Wildman–Crippen LogP) is 2.56. The van der Waals surface area contributed by atoms with Crippen LogP contribution in [0.5, 0.6) is 5.75 Å². The zero-order valence-corrected chi connectivity index (χ0v) is 16.0. The van der Waals surface area contributed by atoms with E-state index in [2.05, 4.69) is 6.92 Å². The fourth-order valence-corrected chi connectivity index (χ4v) is 2.93. The molecule has 2 amide bonds. The van der Waals surface area contributed by atoms with Crippen LogP contribution < -0.4 is 4.74 Å². The highest BCUT2D eigenvalue weighted by atomic mass is 35.5. The van der Waals surface area contributed by atoms with Crippen molar-refractivity contribution in [3.63, 3.8) is 0 Å². The summed E-state index contributed by atoms with van der Waals surface area (Å²) in [5, 5.41) is 0. The molecule has 1 heterocycles. The van der Waals surface area contributed by atoms with Gasteiger partial charge in [0.2, 0.25) is 5.91 Å². The summed E-state index contributed by atoms with van der Waals surface area (Å²) in [5.74, 6) is 1.05. The smallest absolute Gasteiger partial charge is 0.260 e. The monoisotopic (exact) mass is 366 g/mol. The molecule has 6 heteroatoms. The molecule has 0 spiro atoms. The minimum atomic E-state index is -0.569. The molecule has 0 unspecified atom stereocenters. The molecule has 1 aliphatic rings. The van der Waals surface area contributed by atoms with Gasteiger partial charge in [-0.05, 0) is 31.9 Å². The Hall–Kier alpha value is -1.75. The third-order valence-corrected chi connectivity index (χ3v) is 5.21. The van der Waals surface area contributed by atoms with Gasteiger partial charge in [-0.1, -0.05) is 25.1 Å². The number of piperazine rings is 1. The highest BCUT2D eigenvalue weighted by Gasteiger charge is 2.33. The lowest BCUT2D eigenvalue weighted by Gasteiger charge is -2.38. The average Bonchev–Trinajstić information content (AvgIpc) is 2.65. The lowest BCUT2D eigenvalue weighted by molar-refractivity contribution is -0.145. The first-order chi connectivity index (χ1) is 11.9. The van der Waals surface area contributed by atoms with Gasteiger partial charge in [-0.2, -0.15) is 0 Å². The first kappa shape index (κ1) is 19.6. The standard InChI is InChI=1S/C19H27ClN2O3/c1-4-15-7-5-6-8-16(15)25-13-17(23)21-9-11-22(12-10-21)18(24)19(2,3)14-20/h5-8H,4,9-14H2,1-3H3. The van der Waals surface area contributed by atoms with Gasteiger partial charge in [0, 0.05) is 32.1 Å². The van der Waals surface area contributed by atoms with Crippen LogP contribution in [0.3, 0.4) is 0 Å². The van der Waals surface area contributed by atoms with Crippen molar-refractivity contribution in [1.29, 1.82) is 0 Å². The molecule has 1 aromatic rings. The van der Waals surface area contributed by atoms with Crippen LogP contribution in [0.15, 0.2) is 24.3 Å². The maximum Gasteiger partial charge on any atom is 0.260 e. The first-order valence-electron chi connectivity index (χ1n) is 8.73. The Balaban J connectivity index is 1.84. The molecule has 1 fully saturated rings. The minimum absolute atomic E-state index is 0.0259. The number of benzene rings is 1. The van der Waals surface area contributed by atoms with Gasteiger partial charge in [-0.25, -0.2) is 0 Å². The second-order valence-corrected chi connectivity index (χ2v) is 7.21. The van der Waals surface area contributed by atoms with Crippen LogP contribution in [0.25, 0.3) is 0 Å². The number of rotatable bonds is 6. The summed E-state index contributed by atoms with van der Waals surface area (Å²) in [6.07, 6.45) is 0.863. The van der Waals surface area contributed by atoms with E-state index in [1.165, 1.54) is 0 Å². The normalized spacial score (nSPS) is 15.2. The predicted molar refractivity (Wildman–Crippen MR) is 99.0 cm³/mol. The number of aryl methyl sites for hydroxylation is 1. The molecule has 2 rings (SSSR count). The summed E-state index contributed by atoms with van der Waals surface area (Å²) in [5.41, 5.74) is 0.523. The molecule has 0 aliphatic carbocycles. The molecule has 1 saturated heterocycles. The number of ether oxygens (including phenoxy) is 1. The molecule has 0 bridgehead atoms. The van der Waals surface area contributed by atoms with Crippen LogP contribution in [0.4, 0.5) is 0 Å². The van der Waals surface area contributed by atoms with E-state index >= 15 is 0 Å². The Bertz CT molecular complexity index is 610. The average molecular weight is 367 g/mol. The molecule has 1 aliphatic heterocycles. The van der Waals surface area contributed by atoms with E-state index in [0.29, 0.717) is 26.2 Å². The van der Waals surface area contributed by atoms with Crippen molar-refractivity contribution in [2.45, 2.75) is 27.2 Å². The lowest BCUT2D eigenvalue weighted by atomic mass is 9.94. The number of alkyl halides is 1. The summed E-state index contributed by atoms with van der Waals surface area (Å²) in [6, 6.07) is 7.76. The number of hydrogen-bond donors (Lipinski definition) is 0. The Morgan fingerprint density at radius 1 is 1.12 bits per heavy atom. The highest BCUT2D eigenvalue weighted by molar-refractivity contribution is 6.19. The van der Waals surface area contributed by atoms with E-state index in [1.807, 2.05) is 38.1 Å². The highest BCUT2D eigenvalue weighted by Crippen LogP contribution is 2.22. The van der Waals surface area contributed by atoms with Crippen molar-refractivity contribution in [3.8, 4) is 5.75 Å². The largest absolute Gasteiger partial charge is 0.483 e. The van der Waals surface area contributed by atoms with Crippen LogP contribution >= 0.6 is 11.6 Å². The molecule has 25 heavy (non-hydrogen) atoms. The molecular weight excluding hydrogens is 340 g/mol. The Kier molecular flexibility index (Phi) is 6.71. The zero-order valence-electron chi connectivity index (χ0n) is 15.3. The van der Waals surface area contributed by atoms with Crippen molar-refractivity contribution < 1.29 is 14.3 Å². The van der Waals surface area contributed by atoms with Gasteiger partial charge >= 0.3 is 0 Å². The van der Waals surface area contributed by atoms with Crippen molar-refractivity contribution in [2.24, 2.45) is 5.41 Å². The molecule has 0 aromatic heterocycles. The van der Waals surface area contributed by atoms with Crippen LogP contribution in [-0.2, 0) is 16.0 Å². The fourth-order valence-electron chi connectivity index (χ4n) is 2.81. The zero-order chi connectivity index (χ0) is 18.4. The number of halogens is 1. The quantitative estimate of drug-likeness (QED) is 0.727. The van der Waals surface area contributed by atoms with Gasteiger partial charge in [-0.15, -0.1) is 11.6 Å². The second kappa shape index (κ2) is 8.56. The van der Waals surface area contributed by atoms with E-state index in [0.717, 1.165) is 17.7 Å². The third-order valence-electron chi connectivity index (χ3n) is 4.54. The molecule has 138 valence electrons. The Morgan fingerprint density at radius 3 is 2.32 bits per heavy atom. The Morgan fingerprint density at radius 2 is 1.72 bits per heavy atom. The van der Waals surface area contributed by atoms with Crippen LogP contribution in [0, 0.1) is 5.41 Å². The van der Waals surface area contributed by atoms with E-state index in [4.69, 9.17) is 16.3 Å². The molecule has 5 nitrogen and oxygen atoms in total. The molecule has 1 aromatic carbocycles. The van der Waals surface area contributed by atoms with Crippen LogP contribution in [0.1, 0.15) is 26.3 Å². The molecular formula is C19H27ClN2O3. The molecule has 0 radical (unpaired) electrons. The first-order valence-corrected chi connectivity index (χ1v) is 9.26. The van der Waals surface area contributed by atoms with Gasteiger partial charge < -0.3 is 14.5 Å². The van der Waals surface area contributed by atoms with Crippen LogP contribution in [0.2, 0.25) is 0 Å². The number of carbonyl (C=O) groups is 2. The minimum Gasteiger partial charge on any atom is -0.483 e. The van der Waals surface area contributed by atoms with Crippen molar-refractivity contribution >= 4 is 23.4 Å². The molecule has 0 atom stereocenters. The van der Waals surface area contributed by atoms with E-state index in [9.17, 15) is 9.59 Å². The number of nitrogens with zero attached hydrogens (tertiary/aromatic N) is 2. The molecule has 0 saturated carbocycles. The van der Waals surface area contributed by atoms with Gasteiger partial charge in [0.05, 0.1) is 5.41 Å². The number of para-hydroxylation sites is 1. The van der Waals surface area contributed by atoms with Gasteiger partial charge in [0.15, 0.2) is 6.61 Å². The summed E-state index contributed by atoms with van der Waals surface area (Å²) in [4.78, 5) is 28.3. The topological polar surface area (TPSA) is 49.9 Å². The third kappa shape index (κ3) is 4.88. The van der Waals surface area contributed by atoms with Crippen LogP contribution in [-0.4, -0.2) is 60.3 Å². The van der Waals surface area contributed by atoms with E-state index in [-0.39, 0.29) is 24.3 Å². The lowest BCUT2D eigenvalue weighted by Crippen LogP contribution is -2.54. The van der Waals surface area contributed by atoms with Gasteiger partial charge in [0.1, 0.15) is 5.75 Å². The summed E-state index contributed by atoms with van der Waals surface area (Å²) in [7, 11) is 0. The molecule has 0 N–H and O–H groups in total. The van der Waals surface area contributed by atoms with E-state index in [1.54, 1.807) is 9.80 Å². The van der Waals surface area contributed by atoms with Gasteiger partial charge in [-0.3, -0.25) is 9.59 Å². The number of hydrogen-bond acceptors (Lipinski definition) is 3. The van der Waals surface area contributed by atoms with Crippen molar-refractivity contribution in [2.75, 3.05) is 38.7 Å². The van der Waals surface area contributed by atoms with Crippen molar-refractivity contribution in [3.05, 3.63) is 29.8 Å².